The highest BCUT2D eigenvalue weighted by Crippen LogP contribution is 2.18. The van der Waals surface area contributed by atoms with Crippen LogP contribution in [0.1, 0.15) is 5.56 Å². The Hall–Kier alpha value is -1.01. The molecule has 0 fully saturated rings. The summed E-state index contributed by atoms with van der Waals surface area (Å²) in [6.45, 7) is 0.254. The van der Waals surface area contributed by atoms with Crippen LogP contribution in [-0.2, 0) is 6.54 Å². The maximum Gasteiger partial charge on any atom is 0.363 e. The van der Waals surface area contributed by atoms with E-state index in [9.17, 15) is 10.1 Å². The van der Waals surface area contributed by atoms with E-state index in [1.807, 2.05) is 0 Å². The first kappa shape index (κ1) is 9.08. The summed E-state index contributed by atoms with van der Waals surface area (Å²) in [6, 6.07) is 1.35. The van der Waals surface area contributed by atoms with Crippen LogP contribution in [0.2, 0.25) is 0 Å². The van der Waals surface area contributed by atoms with Gasteiger partial charge in [-0.2, -0.15) is 0 Å². The molecule has 2 N–H and O–H groups in total. The van der Waals surface area contributed by atoms with Crippen LogP contribution in [0, 0.1) is 10.1 Å². The van der Waals surface area contributed by atoms with E-state index in [0.29, 0.717) is 10.0 Å². The van der Waals surface area contributed by atoms with Crippen molar-refractivity contribution in [2.24, 2.45) is 5.73 Å². The molecule has 0 saturated heterocycles. The Labute approximate surface area is 76.9 Å². The molecule has 5 nitrogen and oxygen atoms in total. The Balaban J connectivity index is 3.13. The van der Waals surface area contributed by atoms with Gasteiger partial charge in [-0.05, 0) is 31.4 Å². The van der Waals surface area contributed by atoms with Gasteiger partial charge in [0.05, 0.1) is 4.47 Å². The van der Waals surface area contributed by atoms with Crippen molar-refractivity contribution in [3.8, 4) is 0 Å². The summed E-state index contributed by atoms with van der Waals surface area (Å²) in [5.41, 5.74) is 6.02. The van der Waals surface area contributed by atoms with Crippen LogP contribution in [0.25, 0.3) is 0 Å². The highest BCUT2D eigenvalue weighted by Gasteiger charge is 2.09. The molecule has 1 aromatic rings. The van der Waals surface area contributed by atoms with Crippen molar-refractivity contribution in [3.05, 3.63) is 32.4 Å². The monoisotopic (exact) mass is 231 g/mol. The Morgan fingerprint density at radius 3 is 2.92 bits per heavy atom. The number of rotatable bonds is 2. The van der Waals surface area contributed by atoms with E-state index in [-0.39, 0.29) is 12.4 Å². The summed E-state index contributed by atoms with van der Waals surface area (Å²) in [6.07, 6.45) is 1.38. The number of nitrogens with two attached hydrogens (primary N) is 1. The minimum atomic E-state index is -0.550. The standard InChI is InChI=1S/C6H6BrN3O2/c7-5-3-9-6(10(11)12)1-4(5)2-8/h1,3H,2,8H2. The molecular weight excluding hydrogens is 226 g/mol. The number of halogens is 1. The summed E-state index contributed by atoms with van der Waals surface area (Å²) in [7, 11) is 0. The van der Waals surface area contributed by atoms with Gasteiger partial charge in [-0.25, -0.2) is 0 Å². The van der Waals surface area contributed by atoms with Gasteiger partial charge >= 0.3 is 5.82 Å². The predicted octanol–water partition coefficient (Wildman–Crippen LogP) is 1.21. The minimum Gasteiger partial charge on any atom is -0.358 e. The number of pyridine rings is 1. The van der Waals surface area contributed by atoms with Crippen LogP contribution in [0.3, 0.4) is 0 Å². The average molecular weight is 232 g/mol. The molecule has 1 aromatic heterocycles. The zero-order chi connectivity index (χ0) is 9.14. The fraction of sp³-hybridized carbons (Fsp3) is 0.167. The zero-order valence-electron chi connectivity index (χ0n) is 6.03. The second-order valence-electron chi connectivity index (χ2n) is 2.10. The van der Waals surface area contributed by atoms with Crippen molar-refractivity contribution in [2.45, 2.75) is 6.54 Å². The molecule has 64 valence electrons. The van der Waals surface area contributed by atoms with E-state index < -0.39 is 4.92 Å². The molecule has 0 aliphatic carbocycles. The van der Waals surface area contributed by atoms with Gasteiger partial charge in [0.25, 0.3) is 0 Å². The Kier molecular flexibility index (Phi) is 2.72. The maximum absolute atomic E-state index is 10.3. The van der Waals surface area contributed by atoms with Crippen LogP contribution in [0.15, 0.2) is 16.7 Å². The summed E-state index contributed by atoms with van der Waals surface area (Å²) in [5.74, 6) is -0.182. The largest absolute Gasteiger partial charge is 0.363 e. The molecule has 1 heterocycles. The molecule has 0 aromatic carbocycles. The molecule has 6 heteroatoms. The molecule has 0 amide bonds. The SMILES string of the molecule is NCc1cc([N+](=O)[O-])ncc1Br. The van der Waals surface area contributed by atoms with Gasteiger partial charge < -0.3 is 15.8 Å². The Morgan fingerprint density at radius 1 is 1.75 bits per heavy atom. The van der Waals surface area contributed by atoms with Gasteiger partial charge in [0, 0.05) is 12.6 Å². The van der Waals surface area contributed by atoms with Crippen molar-refractivity contribution in [1.82, 2.24) is 4.98 Å². The molecule has 0 aliphatic heterocycles. The zero-order valence-corrected chi connectivity index (χ0v) is 7.61. The number of aromatic nitrogens is 1. The predicted molar refractivity (Wildman–Crippen MR) is 46.5 cm³/mol. The van der Waals surface area contributed by atoms with E-state index in [2.05, 4.69) is 20.9 Å². The topological polar surface area (TPSA) is 82.0 Å². The van der Waals surface area contributed by atoms with Crippen LogP contribution < -0.4 is 5.73 Å². The lowest BCUT2D eigenvalue weighted by Crippen LogP contribution is -2.00. The smallest absolute Gasteiger partial charge is 0.358 e. The van der Waals surface area contributed by atoms with E-state index >= 15 is 0 Å². The van der Waals surface area contributed by atoms with Crippen LogP contribution >= 0.6 is 15.9 Å². The van der Waals surface area contributed by atoms with Crippen molar-refractivity contribution in [1.29, 1.82) is 0 Å². The second-order valence-corrected chi connectivity index (χ2v) is 2.95. The van der Waals surface area contributed by atoms with Gasteiger partial charge in [-0.15, -0.1) is 0 Å². The lowest BCUT2D eigenvalue weighted by atomic mass is 10.3. The third-order valence-corrected chi connectivity index (χ3v) is 2.04. The average Bonchev–Trinajstić information content (AvgIpc) is 2.05. The molecule has 0 saturated carbocycles. The molecular formula is C6H6BrN3O2. The number of nitro groups is 1. The lowest BCUT2D eigenvalue weighted by molar-refractivity contribution is -0.389. The fourth-order valence-corrected chi connectivity index (χ4v) is 1.10. The van der Waals surface area contributed by atoms with E-state index in [4.69, 9.17) is 5.73 Å². The first-order chi connectivity index (χ1) is 5.65. The van der Waals surface area contributed by atoms with E-state index in [1.165, 1.54) is 12.3 Å². The summed E-state index contributed by atoms with van der Waals surface area (Å²) in [5, 5.41) is 10.3. The number of hydrogen-bond donors (Lipinski definition) is 1. The van der Waals surface area contributed by atoms with E-state index in [1.54, 1.807) is 0 Å². The highest BCUT2D eigenvalue weighted by atomic mass is 79.9. The second kappa shape index (κ2) is 3.59. The number of hydrogen-bond acceptors (Lipinski definition) is 4. The van der Waals surface area contributed by atoms with Crippen molar-refractivity contribution in [3.63, 3.8) is 0 Å². The summed E-state index contributed by atoms with van der Waals surface area (Å²) in [4.78, 5) is 13.3. The highest BCUT2D eigenvalue weighted by molar-refractivity contribution is 9.10. The summed E-state index contributed by atoms with van der Waals surface area (Å²) < 4.78 is 0.690. The van der Waals surface area contributed by atoms with Crippen LogP contribution in [0.4, 0.5) is 5.82 Å². The third-order valence-electron chi connectivity index (χ3n) is 1.33. The van der Waals surface area contributed by atoms with Crippen molar-refractivity contribution >= 4 is 21.7 Å². The molecule has 0 spiro atoms. The maximum atomic E-state index is 10.3. The molecule has 12 heavy (non-hydrogen) atoms. The number of nitrogens with zero attached hydrogens (tertiary/aromatic N) is 2. The molecule has 1 rings (SSSR count). The normalized spacial score (nSPS) is 9.83. The molecule has 0 bridgehead atoms. The molecule has 0 atom stereocenters. The van der Waals surface area contributed by atoms with Crippen LogP contribution in [0.5, 0.6) is 0 Å². The Morgan fingerprint density at radius 2 is 2.42 bits per heavy atom. The summed E-state index contributed by atoms with van der Waals surface area (Å²) >= 11 is 3.17. The van der Waals surface area contributed by atoms with Crippen molar-refractivity contribution < 1.29 is 4.92 Å². The van der Waals surface area contributed by atoms with Gasteiger partial charge in [0.1, 0.15) is 0 Å². The molecule has 0 aliphatic rings. The van der Waals surface area contributed by atoms with Crippen LogP contribution in [-0.4, -0.2) is 9.91 Å². The van der Waals surface area contributed by atoms with Gasteiger partial charge in [-0.1, -0.05) is 0 Å². The van der Waals surface area contributed by atoms with Gasteiger partial charge in [-0.3, -0.25) is 0 Å². The van der Waals surface area contributed by atoms with Gasteiger partial charge in [0.2, 0.25) is 0 Å². The lowest BCUT2D eigenvalue weighted by Gasteiger charge is -1.97. The Bertz CT molecular complexity index is 316. The first-order valence-electron chi connectivity index (χ1n) is 3.14. The minimum absolute atomic E-state index is 0.182. The van der Waals surface area contributed by atoms with Gasteiger partial charge in [0.15, 0.2) is 6.20 Å². The fourth-order valence-electron chi connectivity index (χ4n) is 0.724. The van der Waals surface area contributed by atoms with Crippen molar-refractivity contribution in [2.75, 3.05) is 0 Å². The first-order valence-corrected chi connectivity index (χ1v) is 3.93. The molecule has 0 radical (unpaired) electrons. The molecule has 0 unspecified atom stereocenters. The quantitative estimate of drug-likeness (QED) is 0.613. The van der Waals surface area contributed by atoms with E-state index in [0.717, 1.165) is 0 Å². The third kappa shape index (κ3) is 1.77.